The number of methoxy groups -OCH3 is 1. The molecular formula is C18H15ClN4O6. The monoisotopic (exact) mass is 418 g/mol. The van der Waals surface area contributed by atoms with Gasteiger partial charge in [-0.25, -0.2) is 4.79 Å². The summed E-state index contributed by atoms with van der Waals surface area (Å²) in [5.41, 5.74) is -1.61. The minimum Gasteiger partial charge on any atom is -0.502 e. The first kappa shape index (κ1) is 20.1. The predicted molar refractivity (Wildman–Crippen MR) is 103 cm³/mol. The number of carbonyl (C=O) groups excluding carboxylic acids is 2. The zero-order valence-corrected chi connectivity index (χ0v) is 16.0. The molecule has 29 heavy (non-hydrogen) atoms. The van der Waals surface area contributed by atoms with E-state index in [0.29, 0.717) is 16.3 Å². The molecule has 0 aliphatic carbocycles. The van der Waals surface area contributed by atoms with Crippen molar-refractivity contribution in [1.82, 2.24) is 10.3 Å². The van der Waals surface area contributed by atoms with Gasteiger partial charge in [0, 0.05) is 16.7 Å². The molecule has 10 nitrogen and oxygen atoms in total. The Morgan fingerprint density at radius 2 is 1.97 bits per heavy atom. The van der Waals surface area contributed by atoms with Crippen molar-refractivity contribution in [3.63, 3.8) is 0 Å². The standard InChI is InChI=1S/C18H15ClN4O6/c1-18(11-3-5-13(29-2)6-4-11)16(25)22(17(26)21-18)20-9-10-7-12(19)8-14(15(10)24)23(27)28/h3-9,24H,1-2H3,(H,21,26)/b20-9+. The van der Waals surface area contributed by atoms with Crippen molar-refractivity contribution in [2.24, 2.45) is 5.10 Å². The molecule has 2 aromatic rings. The number of urea groups is 1. The van der Waals surface area contributed by atoms with E-state index in [0.717, 1.165) is 12.3 Å². The maximum atomic E-state index is 12.8. The fourth-order valence-corrected chi connectivity index (χ4v) is 3.03. The van der Waals surface area contributed by atoms with Crippen LogP contribution in [0.2, 0.25) is 5.02 Å². The van der Waals surface area contributed by atoms with Gasteiger partial charge in [0.05, 0.1) is 18.2 Å². The van der Waals surface area contributed by atoms with Crippen LogP contribution in [0, 0.1) is 10.1 Å². The lowest BCUT2D eigenvalue weighted by molar-refractivity contribution is -0.385. The van der Waals surface area contributed by atoms with Gasteiger partial charge in [-0.3, -0.25) is 14.9 Å². The first-order valence-corrected chi connectivity index (χ1v) is 8.57. The lowest BCUT2D eigenvalue weighted by atomic mass is 9.92. The molecule has 1 aliphatic heterocycles. The van der Waals surface area contributed by atoms with Crippen LogP contribution in [0.15, 0.2) is 41.5 Å². The Bertz CT molecular complexity index is 1040. The van der Waals surface area contributed by atoms with Gasteiger partial charge in [0.2, 0.25) is 5.75 Å². The second-order valence-electron chi connectivity index (χ2n) is 6.27. The van der Waals surface area contributed by atoms with Crippen molar-refractivity contribution >= 4 is 35.4 Å². The molecule has 0 saturated carbocycles. The average Bonchev–Trinajstić information content (AvgIpc) is 2.91. The van der Waals surface area contributed by atoms with Crippen LogP contribution in [0.4, 0.5) is 10.5 Å². The summed E-state index contributed by atoms with van der Waals surface area (Å²) in [7, 11) is 1.51. The van der Waals surface area contributed by atoms with Crippen molar-refractivity contribution in [3.05, 3.63) is 62.7 Å². The SMILES string of the molecule is COc1ccc(C2(C)NC(=O)N(/N=C/c3cc(Cl)cc([N+](=O)[O-])c3O)C2=O)cc1. The molecule has 150 valence electrons. The molecule has 1 aliphatic rings. The molecule has 0 aromatic heterocycles. The summed E-state index contributed by atoms with van der Waals surface area (Å²) >= 11 is 5.82. The molecule has 1 atom stereocenters. The number of amides is 3. The molecule has 2 N–H and O–H groups in total. The molecule has 1 fully saturated rings. The number of phenols is 1. The molecule has 1 heterocycles. The maximum Gasteiger partial charge on any atom is 0.346 e. The van der Waals surface area contributed by atoms with E-state index in [4.69, 9.17) is 16.3 Å². The van der Waals surface area contributed by atoms with E-state index in [1.165, 1.54) is 20.1 Å². The summed E-state index contributed by atoms with van der Waals surface area (Å²) in [4.78, 5) is 35.3. The largest absolute Gasteiger partial charge is 0.502 e. The molecule has 0 bridgehead atoms. The van der Waals surface area contributed by atoms with Crippen LogP contribution in [-0.4, -0.2) is 40.3 Å². The van der Waals surface area contributed by atoms with Gasteiger partial charge in [-0.05, 0) is 30.7 Å². The fraction of sp³-hybridized carbons (Fsp3) is 0.167. The number of nitrogens with zero attached hydrogens (tertiary/aromatic N) is 3. The van der Waals surface area contributed by atoms with Crippen molar-refractivity contribution in [1.29, 1.82) is 0 Å². The summed E-state index contributed by atoms with van der Waals surface area (Å²) < 4.78 is 5.08. The Morgan fingerprint density at radius 3 is 2.55 bits per heavy atom. The number of phenolic OH excluding ortho intramolecular Hbond substituents is 1. The van der Waals surface area contributed by atoms with Gasteiger partial charge in [0.25, 0.3) is 5.91 Å². The topological polar surface area (TPSA) is 134 Å². The highest BCUT2D eigenvalue weighted by atomic mass is 35.5. The fourth-order valence-electron chi connectivity index (χ4n) is 2.81. The van der Waals surface area contributed by atoms with Crippen LogP contribution in [-0.2, 0) is 10.3 Å². The molecule has 2 aromatic carbocycles. The minimum absolute atomic E-state index is 0.0174. The van der Waals surface area contributed by atoms with Crippen molar-refractivity contribution < 1.29 is 24.4 Å². The van der Waals surface area contributed by atoms with Crippen LogP contribution in [0.5, 0.6) is 11.5 Å². The zero-order chi connectivity index (χ0) is 21.3. The number of carbonyl (C=O) groups is 2. The third-order valence-corrected chi connectivity index (χ3v) is 4.65. The first-order valence-electron chi connectivity index (χ1n) is 8.19. The molecule has 1 unspecified atom stereocenters. The molecule has 3 amide bonds. The van der Waals surface area contributed by atoms with Crippen LogP contribution < -0.4 is 10.1 Å². The Labute approximate surface area is 169 Å². The van der Waals surface area contributed by atoms with Crippen LogP contribution in [0.25, 0.3) is 0 Å². The summed E-state index contributed by atoms with van der Waals surface area (Å²) in [6.45, 7) is 1.52. The van der Waals surface area contributed by atoms with Gasteiger partial charge in [-0.15, -0.1) is 5.01 Å². The van der Waals surface area contributed by atoms with Crippen molar-refractivity contribution in [3.8, 4) is 11.5 Å². The zero-order valence-electron chi connectivity index (χ0n) is 15.2. The molecule has 0 spiro atoms. The van der Waals surface area contributed by atoms with Crippen LogP contribution in [0.3, 0.4) is 0 Å². The number of nitrogens with one attached hydrogen (secondary N) is 1. The van der Waals surface area contributed by atoms with Crippen molar-refractivity contribution in [2.75, 3.05) is 7.11 Å². The van der Waals surface area contributed by atoms with Gasteiger partial charge in [0.15, 0.2) is 0 Å². The summed E-state index contributed by atoms with van der Waals surface area (Å²) in [5, 5.41) is 27.9. The number of hydrogen-bond acceptors (Lipinski definition) is 7. The van der Waals surface area contributed by atoms with Gasteiger partial charge in [-0.1, -0.05) is 23.7 Å². The van der Waals surface area contributed by atoms with Gasteiger partial charge in [-0.2, -0.15) is 5.10 Å². The van der Waals surface area contributed by atoms with E-state index in [9.17, 15) is 24.8 Å². The quantitative estimate of drug-likeness (QED) is 0.332. The highest BCUT2D eigenvalue weighted by molar-refractivity contribution is 6.31. The summed E-state index contributed by atoms with van der Waals surface area (Å²) in [6, 6.07) is 7.97. The third kappa shape index (κ3) is 3.57. The number of rotatable bonds is 5. The second-order valence-corrected chi connectivity index (χ2v) is 6.70. The molecular weight excluding hydrogens is 404 g/mol. The predicted octanol–water partition coefficient (Wildman–Crippen LogP) is 2.76. The number of imide groups is 1. The van der Waals surface area contributed by atoms with Crippen LogP contribution >= 0.6 is 11.6 Å². The van der Waals surface area contributed by atoms with Gasteiger partial charge in [0.1, 0.15) is 11.3 Å². The maximum absolute atomic E-state index is 12.8. The van der Waals surface area contributed by atoms with Crippen molar-refractivity contribution in [2.45, 2.75) is 12.5 Å². The summed E-state index contributed by atoms with van der Waals surface area (Å²) in [6.07, 6.45) is 0.950. The van der Waals surface area contributed by atoms with E-state index in [1.807, 2.05) is 0 Å². The minimum atomic E-state index is -1.37. The first-order chi connectivity index (χ1) is 13.7. The number of halogens is 1. The second kappa shape index (κ2) is 7.40. The number of ether oxygens (including phenoxy) is 1. The molecule has 11 heteroatoms. The highest BCUT2D eigenvalue weighted by Crippen LogP contribution is 2.33. The number of nitro benzene ring substituents is 1. The molecule has 0 radical (unpaired) electrons. The lowest BCUT2D eigenvalue weighted by Crippen LogP contribution is -2.40. The van der Waals surface area contributed by atoms with Gasteiger partial charge < -0.3 is 15.2 Å². The van der Waals surface area contributed by atoms with E-state index in [2.05, 4.69) is 10.4 Å². The lowest BCUT2D eigenvalue weighted by Gasteiger charge is -2.21. The Balaban J connectivity index is 1.92. The Hall–Kier alpha value is -3.66. The number of aromatic hydroxyl groups is 1. The average molecular weight is 419 g/mol. The number of nitro groups is 1. The summed E-state index contributed by atoms with van der Waals surface area (Å²) in [5.74, 6) is -0.768. The molecule has 1 saturated heterocycles. The van der Waals surface area contributed by atoms with E-state index >= 15 is 0 Å². The van der Waals surface area contributed by atoms with E-state index in [-0.39, 0.29) is 10.6 Å². The molecule has 3 rings (SSSR count). The van der Waals surface area contributed by atoms with E-state index in [1.54, 1.807) is 24.3 Å². The normalized spacial score (nSPS) is 18.9. The smallest absolute Gasteiger partial charge is 0.346 e. The number of hydrazone groups is 1. The van der Waals surface area contributed by atoms with E-state index < -0.39 is 33.8 Å². The third-order valence-electron chi connectivity index (χ3n) is 4.43. The Kier molecular flexibility index (Phi) is 5.12. The van der Waals surface area contributed by atoms with Crippen LogP contribution in [0.1, 0.15) is 18.1 Å². The highest BCUT2D eigenvalue weighted by Gasteiger charge is 2.49. The Morgan fingerprint density at radius 1 is 1.31 bits per heavy atom. The van der Waals surface area contributed by atoms with Gasteiger partial charge >= 0.3 is 11.7 Å². The number of hydrogen-bond donors (Lipinski definition) is 2. The number of benzene rings is 2.